The Bertz CT molecular complexity index is 1060. The Kier molecular flexibility index (Phi) is 4.46. The van der Waals surface area contributed by atoms with E-state index in [-0.39, 0.29) is 17.2 Å². The molecule has 0 aromatic heterocycles. The summed E-state index contributed by atoms with van der Waals surface area (Å²) in [5.41, 5.74) is -0.374. The third-order valence-corrected chi connectivity index (χ3v) is 7.10. The first-order valence-electron chi connectivity index (χ1n) is 8.32. The Morgan fingerprint density at radius 3 is 2.00 bits per heavy atom. The zero-order valence-electron chi connectivity index (χ0n) is 14.2. The molecule has 2 aliphatic heterocycles. The number of nitrogens with zero attached hydrogens (tertiary/aromatic N) is 2. The third-order valence-electron chi connectivity index (χ3n) is 4.91. The molecule has 0 bridgehead atoms. The highest BCUT2D eigenvalue weighted by Gasteiger charge is 2.54. The highest BCUT2D eigenvalue weighted by atomic mass is 79.9. The molecule has 0 radical (unpaired) electrons. The number of rotatable bonds is 2. The quantitative estimate of drug-likeness (QED) is 0.616. The van der Waals surface area contributed by atoms with Crippen LogP contribution < -0.4 is 9.80 Å². The predicted molar refractivity (Wildman–Crippen MR) is 102 cm³/mol. The summed E-state index contributed by atoms with van der Waals surface area (Å²) in [7, 11) is -3.43. The number of anilines is 2. The summed E-state index contributed by atoms with van der Waals surface area (Å²) in [4.78, 5) is 15.7. The van der Waals surface area contributed by atoms with Crippen molar-refractivity contribution in [3.8, 4) is 0 Å². The topological polar surface area (TPSA) is 57.7 Å². The number of sulfone groups is 1. The van der Waals surface area contributed by atoms with Gasteiger partial charge in [0.05, 0.1) is 29.2 Å². The lowest BCUT2D eigenvalue weighted by atomic mass is 10.1. The molecule has 0 spiro atoms. The standard InChI is InChI=1S/C18H14BrF3N2O3S/c19-12-4-2-6-14(8-12)24-16-10-28(26,27)9-15(16)23(17(24)25)13-5-1-3-11(7-13)18(20,21)22/h1-8,15-16H,9-10H2/t15-,16+/m1/s1. The second-order valence-corrected chi connectivity index (χ2v) is 9.83. The van der Waals surface area contributed by atoms with Crippen molar-refractivity contribution in [1.29, 1.82) is 0 Å². The molecule has 0 saturated carbocycles. The van der Waals surface area contributed by atoms with Crippen molar-refractivity contribution in [2.24, 2.45) is 0 Å². The van der Waals surface area contributed by atoms with Gasteiger partial charge in [-0.05, 0) is 36.4 Å². The zero-order chi connectivity index (χ0) is 20.3. The first-order valence-corrected chi connectivity index (χ1v) is 10.9. The van der Waals surface area contributed by atoms with Crippen LogP contribution in [-0.2, 0) is 16.0 Å². The van der Waals surface area contributed by atoms with Crippen LogP contribution in [0.1, 0.15) is 5.56 Å². The van der Waals surface area contributed by atoms with E-state index in [2.05, 4.69) is 15.9 Å². The van der Waals surface area contributed by atoms with Gasteiger partial charge in [0.25, 0.3) is 0 Å². The summed E-state index contributed by atoms with van der Waals surface area (Å²) in [6.45, 7) is 0. The fourth-order valence-electron chi connectivity index (χ4n) is 3.77. The Morgan fingerprint density at radius 2 is 1.46 bits per heavy atom. The number of halogens is 4. The van der Waals surface area contributed by atoms with E-state index in [0.29, 0.717) is 10.2 Å². The van der Waals surface area contributed by atoms with E-state index in [9.17, 15) is 26.4 Å². The third kappa shape index (κ3) is 3.28. The van der Waals surface area contributed by atoms with Gasteiger partial charge in [-0.25, -0.2) is 13.2 Å². The minimum atomic E-state index is -4.57. The van der Waals surface area contributed by atoms with Crippen molar-refractivity contribution < 1.29 is 26.4 Å². The van der Waals surface area contributed by atoms with E-state index in [0.717, 1.165) is 12.1 Å². The van der Waals surface area contributed by atoms with Crippen LogP contribution in [0.2, 0.25) is 0 Å². The SMILES string of the molecule is O=C1N(c2cccc(C(F)(F)F)c2)[C@@H]2CS(=O)(=O)C[C@@H]2N1c1cccc(Br)c1. The lowest BCUT2D eigenvalue weighted by Gasteiger charge is -2.23. The number of amides is 2. The van der Waals surface area contributed by atoms with Crippen LogP contribution in [0.4, 0.5) is 29.3 Å². The fraction of sp³-hybridized carbons (Fsp3) is 0.278. The number of alkyl halides is 3. The molecule has 10 heteroatoms. The molecule has 0 aliphatic carbocycles. The molecule has 4 rings (SSSR count). The number of hydrogen-bond acceptors (Lipinski definition) is 3. The van der Waals surface area contributed by atoms with Gasteiger partial charge >= 0.3 is 12.2 Å². The van der Waals surface area contributed by atoms with E-state index in [1.165, 1.54) is 21.9 Å². The van der Waals surface area contributed by atoms with Gasteiger partial charge in [0.1, 0.15) is 0 Å². The average Bonchev–Trinajstić information content (AvgIpc) is 3.02. The fourth-order valence-corrected chi connectivity index (χ4v) is 6.07. The molecule has 0 unspecified atom stereocenters. The summed E-state index contributed by atoms with van der Waals surface area (Å²) >= 11 is 3.32. The highest BCUT2D eigenvalue weighted by Crippen LogP contribution is 2.40. The first-order chi connectivity index (χ1) is 13.1. The number of carbonyl (C=O) groups excluding carboxylic acids is 1. The van der Waals surface area contributed by atoms with E-state index >= 15 is 0 Å². The van der Waals surface area contributed by atoms with Gasteiger partial charge in [-0.2, -0.15) is 13.2 Å². The molecule has 2 aromatic rings. The van der Waals surface area contributed by atoms with Crippen molar-refractivity contribution in [2.45, 2.75) is 18.3 Å². The summed E-state index contributed by atoms with van der Waals surface area (Å²) in [6.07, 6.45) is -4.57. The molecular weight excluding hydrogens is 461 g/mol. The Hall–Kier alpha value is -2.07. The van der Waals surface area contributed by atoms with Crippen LogP contribution in [0, 0.1) is 0 Å². The molecule has 0 N–H and O–H groups in total. The lowest BCUT2D eigenvalue weighted by Crippen LogP contribution is -2.38. The van der Waals surface area contributed by atoms with Gasteiger partial charge < -0.3 is 0 Å². The Labute approximate surface area is 167 Å². The zero-order valence-corrected chi connectivity index (χ0v) is 16.6. The van der Waals surface area contributed by atoms with Crippen LogP contribution in [-0.4, -0.2) is 38.0 Å². The number of benzene rings is 2. The summed E-state index contributed by atoms with van der Waals surface area (Å²) in [6, 6.07) is 9.25. The van der Waals surface area contributed by atoms with Crippen LogP contribution in [0.5, 0.6) is 0 Å². The molecular formula is C18H14BrF3N2O3S. The molecule has 28 heavy (non-hydrogen) atoms. The molecule has 148 valence electrons. The maximum atomic E-state index is 13.2. The summed E-state index contributed by atoms with van der Waals surface area (Å²) in [5, 5.41) is 0. The largest absolute Gasteiger partial charge is 0.416 e. The normalized spacial score (nSPS) is 23.9. The summed E-state index contributed by atoms with van der Waals surface area (Å²) in [5.74, 6) is -0.518. The predicted octanol–water partition coefficient (Wildman–Crippen LogP) is 4.08. The van der Waals surface area contributed by atoms with Gasteiger partial charge in [0.2, 0.25) is 0 Å². The highest BCUT2D eigenvalue weighted by molar-refractivity contribution is 9.10. The van der Waals surface area contributed by atoms with Crippen molar-refractivity contribution in [2.75, 3.05) is 21.3 Å². The molecule has 2 heterocycles. The van der Waals surface area contributed by atoms with E-state index in [1.807, 2.05) is 0 Å². The number of carbonyl (C=O) groups is 1. The van der Waals surface area contributed by atoms with E-state index in [1.54, 1.807) is 24.3 Å². The minimum Gasteiger partial charge on any atom is -0.288 e. The van der Waals surface area contributed by atoms with Gasteiger partial charge in [0.15, 0.2) is 9.84 Å². The maximum Gasteiger partial charge on any atom is 0.416 e. The van der Waals surface area contributed by atoms with Crippen LogP contribution in [0.25, 0.3) is 0 Å². The van der Waals surface area contributed by atoms with Crippen molar-refractivity contribution in [3.63, 3.8) is 0 Å². The molecule has 2 saturated heterocycles. The van der Waals surface area contributed by atoms with Crippen molar-refractivity contribution in [3.05, 3.63) is 58.6 Å². The number of urea groups is 1. The van der Waals surface area contributed by atoms with Crippen LogP contribution >= 0.6 is 15.9 Å². The average molecular weight is 475 g/mol. The monoisotopic (exact) mass is 474 g/mol. The van der Waals surface area contributed by atoms with Crippen LogP contribution in [0.15, 0.2) is 53.0 Å². The summed E-state index contributed by atoms with van der Waals surface area (Å²) < 4.78 is 64.5. The maximum absolute atomic E-state index is 13.2. The smallest absolute Gasteiger partial charge is 0.288 e. The van der Waals surface area contributed by atoms with Gasteiger partial charge in [0, 0.05) is 15.8 Å². The molecule has 2 aromatic carbocycles. The van der Waals surface area contributed by atoms with Gasteiger partial charge in [-0.3, -0.25) is 9.80 Å². The van der Waals surface area contributed by atoms with Crippen molar-refractivity contribution in [1.82, 2.24) is 0 Å². The molecule has 2 aliphatic rings. The second kappa shape index (κ2) is 6.48. The Balaban J connectivity index is 1.81. The van der Waals surface area contributed by atoms with Crippen molar-refractivity contribution >= 4 is 43.2 Å². The number of hydrogen-bond donors (Lipinski definition) is 0. The lowest BCUT2D eigenvalue weighted by molar-refractivity contribution is -0.137. The van der Waals surface area contributed by atoms with Gasteiger partial charge in [-0.1, -0.05) is 28.1 Å². The van der Waals surface area contributed by atoms with Crippen LogP contribution in [0.3, 0.4) is 0 Å². The second-order valence-electron chi connectivity index (χ2n) is 6.76. The molecule has 5 nitrogen and oxygen atoms in total. The Morgan fingerprint density at radius 1 is 0.929 bits per heavy atom. The minimum absolute atomic E-state index is 0.0319. The van der Waals surface area contributed by atoms with E-state index in [4.69, 9.17) is 0 Å². The molecule has 2 atom stereocenters. The molecule has 2 fully saturated rings. The number of fused-ring (bicyclic) bond motifs is 1. The first kappa shape index (κ1) is 19.3. The molecule has 2 amide bonds. The van der Waals surface area contributed by atoms with Gasteiger partial charge in [-0.15, -0.1) is 0 Å². The van der Waals surface area contributed by atoms with E-state index < -0.39 is 39.7 Å².